The van der Waals surface area contributed by atoms with Crippen LogP contribution in [0.4, 0.5) is 0 Å². The molecule has 92 valence electrons. The van der Waals surface area contributed by atoms with E-state index in [1.807, 2.05) is 24.3 Å². The lowest BCUT2D eigenvalue weighted by molar-refractivity contribution is -0.103. The van der Waals surface area contributed by atoms with Crippen LogP contribution in [0.2, 0.25) is 5.15 Å². The lowest BCUT2D eigenvalue weighted by Crippen LogP contribution is -2.37. The highest BCUT2D eigenvalue weighted by Gasteiger charge is 2.24. The summed E-state index contributed by atoms with van der Waals surface area (Å²) in [6.07, 6.45) is -0.150. The number of ether oxygens (including phenoxy) is 2. The van der Waals surface area contributed by atoms with E-state index in [0.717, 1.165) is 5.39 Å². The van der Waals surface area contributed by atoms with Crippen molar-refractivity contribution in [2.75, 3.05) is 13.2 Å². The van der Waals surface area contributed by atoms with Gasteiger partial charge < -0.3 is 9.47 Å². The number of rotatable bonds is 2. The Bertz CT molecular complexity index is 610. The molecule has 2 aromatic rings. The summed E-state index contributed by atoms with van der Waals surface area (Å²) >= 11 is 5.91. The fourth-order valence-corrected chi connectivity index (χ4v) is 2.01. The molecule has 1 fully saturated rings. The van der Waals surface area contributed by atoms with Crippen LogP contribution in [0.15, 0.2) is 30.3 Å². The average molecular weight is 264 g/mol. The highest BCUT2D eigenvalue weighted by molar-refractivity contribution is 6.30. The van der Waals surface area contributed by atoms with Crippen molar-refractivity contribution < 1.29 is 14.3 Å². The third kappa shape index (κ3) is 2.05. The number of carbonyl (C=O) groups is 1. The lowest BCUT2D eigenvalue weighted by Gasteiger charge is -2.25. The molecular formula is C13H10ClNO3. The van der Waals surface area contributed by atoms with Crippen molar-refractivity contribution in [1.29, 1.82) is 0 Å². The molecule has 0 atom stereocenters. The van der Waals surface area contributed by atoms with E-state index in [4.69, 9.17) is 21.1 Å². The Hall–Kier alpha value is -1.65. The number of benzene rings is 1. The summed E-state index contributed by atoms with van der Waals surface area (Å²) < 4.78 is 10.3. The zero-order valence-corrected chi connectivity index (χ0v) is 10.2. The Morgan fingerprint density at radius 3 is 2.89 bits per heavy atom. The monoisotopic (exact) mass is 263 g/mol. The van der Waals surface area contributed by atoms with Gasteiger partial charge in [0, 0.05) is 5.39 Å². The topological polar surface area (TPSA) is 48.4 Å². The Kier molecular flexibility index (Phi) is 2.89. The van der Waals surface area contributed by atoms with E-state index in [1.165, 1.54) is 6.07 Å². The average Bonchev–Trinajstić information content (AvgIpc) is 2.32. The van der Waals surface area contributed by atoms with E-state index >= 15 is 0 Å². The zero-order chi connectivity index (χ0) is 12.5. The van der Waals surface area contributed by atoms with Crippen molar-refractivity contribution in [3.05, 3.63) is 41.0 Å². The maximum atomic E-state index is 12.0. The summed E-state index contributed by atoms with van der Waals surface area (Å²) in [5.74, 6) is -0.385. The molecular weight excluding hydrogens is 254 g/mol. The van der Waals surface area contributed by atoms with Gasteiger partial charge in [-0.15, -0.1) is 0 Å². The molecule has 0 N–H and O–H groups in total. The highest BCUT2D eigenvalue weighted by Crippen LogP contribution is 2.22. The van der Waals surface area contributed by atoms with Gasteiger partial charge in [-0.2, -0.15) is 0 Å². The van der Waals surface area contributed by atoms with Crippen molar-refractivity contribution in [1.82, 2.24) is 4.98 Å². The van der Waals surface area contributed by atoms with Gasteiger partial charge in [0.25, 0.3) is 0 Å². The number of carbonyl (C=O) groups excluding carboxylic acids is 1. The summed E-state index contributed by atoms with van der Waals surface area (Å²) in [5.41, 5.74) is 1.12. The van der Waals surface area contributed by atoms with Crippen LogP contribution >= 0.6 is 11.6 Å². The molecule has 0 aliphatic carbocycles. The molecule has 5 heteroatoms. The Morgan fingerprint density at radius 1 is 1.39 bits per heavy atom. The van der Waals surface area contributed by atoms with Gasteiger partial charge in [-0.3, -0.25) is 0 Å². The Labute approximate surface area is 108 Å². The summed E-state index contributed by atoms with van der Waals surface area (Å²) in [6, 6.07) is 8.87. The maximum absolute atomic E-state index is 12.0. The van der Waals surface area contributed by atoms with Gasteiger partial charge in [-0.05, 0) is 12.1 Å². The van der Waals surface area contributed by atoms with Crippen molar-refractivity contribution >= 4 is 28.5 Å². The van der Waals surface area contributed by atoms with Crippen molar-refractivity contribution in [3.63, 3.8) is 0 Å². The summed E-state index contributed by atoms with van der Waals surface area (Å²) in [5, 5.41) is 1.03. The van der Waals surface area contributed by atoms with Crippen LogP contribution in [0.1, 0.15) is 10.4 Å². The fourth-order valence-electron chi connectivity index (χ4n) is 1.81. The first-order valence-corrected chi connectivity index (χ1v) is 5.96. The highest BCUT2D eigenvalue weighted by atomic mass is 35.5. The van der Waals surface area contributed by atoms with Crippen LogP contribution in [-0.4, -0.2) is 30.3 Å². The quantitative estimate of drug-likeness (QED) is 0.617. The van der Waals surface area contributed by atoms with Crippen LogP contribution < -0.4 is 0 Å². The largest absolute Gasteiger partial charge is 0.454 e. The van der Waals surface area contributed by atoms with E-state index < -0.39 is 0 Å². The minimum atomic E-state index is -0.385. The van der Waals surface area contributed by atoms with Crippen LogP contribution in [-0.2, 0) is 9.47 Å². The molecule has 1 aliphatic heterocycles. The SMILES string of the molecule is O=C(OC1COC1)c1cc(Cl)nc2ccccc12. The van der Waals surface area contributed by atoms with Gasteiger partial charge in [0.15, 0.2) is 0 Å². The van der Waals surface area contributed by atoms with Gasteiger partial charge in [-0.25, -0.2) is 9.78 Å². The number of halogens is 1. The van der Waals surface area contributed by atoms with E-state index in [1.54, 1.807) is 0 Å². The van der Waals surface area contributed by atoms with Crippen LogP contribution in [0.5, 0.6) is 0 Å². The second kappa shape index (κ2) is 4.55. The minimum absolute atomic E-state index is 0.150. The normalized spacial score (nSPS) is 15.4. The summed E-state index contributed by atoms with van der Waals surface area (Å²) in [4.78, 5) is 16.2. The molecule has 1 aromatic carbocycles. The number of para-hydroxylation sites is 1. The molecule has 0 spiro atoms. The first-order chi connectivity index (χ1) is 8.74. The van der Waals surface area contributed by atoms with Gasteiger partial charge in [0.1, 0.15) is 11.3 Å². The smallest absolute Gasteiger partial charge is 0.339 e. The number of aromatic nitrogens is 1. The molecule has 0 bridgehead atoms. The van der Waals surface area contributed by atoms with Crippen LogP contribution in [0.3, 0.4) is 0 Å². The predicted molar refractivity (Wildman–Crippen MR) is 66.8 cm³/mol. The maximum Gasteiger partial charge on any atom is 0.339 e. The molecule has 0 amide bonds. The number of nitrogens with zero attached hydrogens (tertiary/aromatic N) is 1. The third-order valence-corrected chi connectivity index (χ3v) is 2.98. The summed E-state index contributed by atoms with van der Waals surface area (Å²) in [6.45, 7) is 0.922. The van der Waals surface area contributed by atoms with Gasteiger partial charge in [-0.1, -0.05) is 29.8 Å². The zero-order valence-electron chi connectivity index (χ0n) is 9.43. The molecule has 1 saturated heterocycles. The van der Waals surface area contributed by atoms with E-state index in [0.29, 0.717) is 24.3 Å². The summed E-state index contributed by atoms with van der Waals surface area (Å²) in [7, 11) is 0. The van der Waals surface area contributed by atoms with Gasteiger partial charge in [0.05, 0.1) is 24.3 Å². The first kappa shape index (κ1) is 11.4. The Morgan fingerprint density at radius 2 is 2.17 bits per heavy atom. The number of pyridine rings is 1. The number of esters is 1. The molecule has 3 rings (SSSR count). The Balaban J connectivity index is 2.01. The molecule has 1 aromatic heterocycles. The van der Waals surface area contributed by atoms with E-state index in [2.05, 4.69) is 4.98 Å². The lowest BCUT2D eigenvalue weighted by atomic mass is 10.1. The molecule has 0 saturated carbocycles. The van der Waals surface area contributed by atoms with Crippen molar-refractivity contribution in [2.45, 2.75) is 6.10 Å². The third-order valence-electron chi connectivity index (χ3n) is 2.79. The van der Waals surface area contributed by atoms with E-state index in [9.17, 15) is 4.79 Å². The molecule has 1 aliphatic rings. The molecule has 0 radical (unpaired) electrons. The second-order valence-electron chi connectivity index (χ2n) is 4.07. The van der Waals surface area contributed by atoms with Crippen LogP contribution in [0.25, 0.3) is 10.9 Å². The molecule has 0 unspecified atom stereocenters. The standard InChI is InChI=1S/C13H10ClNO3/c14-12-5-10(13(16)18-8-6-17-7-8)9-3-1-2-4-11(9)15-12/h1-5,8H,6-7H2. The first-order valence-electron chi connectivity index (χ1n) is 5.58. The molecule has 2 heterocycles. The van der Waals surface area contributed by atoms with Crippen LogP contribution in [0, 0.1) is 0 Å². The fraction of sp³-hybridized carbons (Fsp3) is 0.231. The van der Waals surface area contributed by atoms with E-state index in [-0.39, 0.29) is 17.2 Å². The van der Waals surface area contributed by atoms with Crippen molar-refractivity contribution in [3.8, 4) is 0 Å². The van der Waals surface area contributed by atoms with Gasteiger partial charge in [0.2, 0.25) is 0 Å². The predicted octanol–water partition coefficient (Wildman–Crippen LogP) is 2.44. The molecule has 18 heavy (non-hydrogen) atoms. The number of hydrogen-bond donors (Lipinski definition) is 0. The van der Waals surface area contributed by atoms with Crippen molar-refractivity contribution in [2.24, 2.45) is 0 Å². The van der Waals surface area contributed by atoms with Gasteiger partial charge >= 0.3 is 5.97 Å². The number of fused-ring (bicyclic) bond motifs is 1. The molecule has 4 nitrogen and oxygen atoms in total. The minimum Gasteiger partial charge on any atom is -0.454 e. The second-order valence-corrected chi connectivity index (χ2v) is 4.46. The number of hydrogen-bond acceptors (Lipinski definition) is 4.